The van der Waals surface area contributed by atoms with Crippen LogP contribution in [0.3, 0.4) is 0 Å². The summed E-state index contributed by atoms with van der Waals surface area (Å²) in [4.78, 5) is 32.7. The molecule has 0 saturated carbocycles. The minimum Gasteiger partial charge on any atom is -0.479 e. The third-order valence-corrected chi connectivity index (χ3v) is 4.65. The predicted octanol–water partition coefficient (Wildman–Crippen LogP) is 1.18. The number of carbonyl (C=O) groups excluding carboxylic acids is 1. The molecule has 0 bridgehead atoms. The molecule has 10 heteroatoms. The molecule has 0 aliphatic carbocycles. The maximum Gasteiger partial charge on any atom is 0.356 e. The Morgan fingerprint density at radius 1 is 1.44 bits per heavy atom. The number of amides is 1. The average Bonchev–Trinajstić information content (AvgIpc) is 3.32. The Morgan fingerprint density at radius 3 is 2.74 bits per heavy atom. The van der Waals surface area contributed by atoms with Gasteiger partial charge in [0.1, 0.15) is 11.7 Å². The quantitative estimate of drug-likeness (QED) is 0.680. The number of imidazole rings is 1. The van der Waals surface area contributed by atoms with Crippen LogP contribution in [0, 0.1) is 5.92 Å². The Labute approximate surface area is 155 Å². The summed E-state index contributed by atoms with van der Waals surface area (Å²) in [6, 6.07) is 1.02. The van der Waals surface area contributed by atoms with Crippen molar-refractivity contribution in [2.75, 3.05) is 13.7 Å². The second kappa shape index (κ2) is 7.39. The van der Waals surface area contributed by atoms with Crippen LogP contribution in [0.4, 0.5) is 0 Å². The van der Waals surface area contributed by atoms with E-state index in [-0.39, 0.29) is 36.4 Å². The number of carboxylic acids is 1. The van der Waals surface area contributed by atoms with Gasteiger partial charge in [-0.05, 0) is 11.1 Å². The summed E-state index contributed by atoms with van der Waals surface area (Å²) in [6.45, 7) is 3.89. The van der Waals surface area contributed by atoms with Gasteiger partial charge in [-0.25, -0.2) is 9.78 Å². The van der Waals surface area contributed by atoms with E-state index < -0.39 is 24.0 Å². The number of nitrogens with one attached hydrogen (secondary N) is 1. The van der Waals surface area contributed by atoms with Crippen molar-refractivity contribution in [1.29, 1.82) is 0 Å². The molecule has 2 aromatic heterocycles. The Bertz CT molecular complexity index is 829. The molecule has 3 N–H and O–H groups in total. The fourth-order valence-corrected chi connectivity index (χ4v) is 3.36. The van der Waals surface area contributed by atoms with Gasteiger partial charge in [-0.3, -0.25) is 4.79 Å². The number of aromatic nitrogens is 3. The molecule has 0 radical (unpaired) electrons. The van der Waals surface area contributed by atoms with Crippen molar-refractivity contribution in [1.82, 2.24) is 20.0 Å². The summed E-state index contributed by atoms with van der Waals surface area (Å²) in [5, 5.41) is 22.9. The lowest BCUT2D eigenvalue weighted by Gasteiger charge is -2.28. The van der Waals surface area contributed by atoms with Crippen molar-refractivity contribution in [3.05, 3.63) is 29.5 Å². The molecule has 1 unspecified atom stereocenters. The first-order valence-electron chi connectivity index (χ1n) is 8.59. The van der Waals surface area contributed by atoms with Gasteiger partial charge in [0.25, 0.3) is 5.88 Å². The Hall–Kier alpha value is -2.88. The summed E-state index contributed by atoms with van der Waals surface area (Å²) in [5.41, 5.74) is -0.140. The van der Waals surface area contributed by atoms with Gasteiger partial charge in [0.15, 0.2) is 11.5 Å². The normalized spacial score (nSPS) is 20.9. The number of aromatic amines is 1. The molecular formula is C17H22N4O6. The highest BCUT2D eigenvalue weighted by Crippen LogP contribution is 2.36. The molecule has 1 aliphatic rings. The van der Waals surface area contributed by atoms with Crippen LogP contribution in [-0.2, 0) is 4.79 Å². The molecule has 0 aromatic carbocycles. The van der Waals surface area contributed by atoms with Gasteiger partial charge in [-0.2, -0.15) is 0 Å². The molecule has 3 atom stereocenters. The highest BCUT2D eigenvalue weighted by molar-refractivity contribution is 5.85. The number of hydrogen-bond acceptors (Lipinski definition) is 7. The van der Waals surface area contributed by atoms with Crippen molar-refractivity contribution in [3.8, 4) is 5.88 Å². The summed E-state index contributed by atoms with van der Waals surface area (Å²) in [7, 11) is 1.46. The minimum absolute atomic E-state index is 0.0975. The molecule has 3 rings (SSSR count). The minimum atomic E-state index is -1.16. The van der Waals surface area contributed by atoms with Crippen LogP contribution < -0.4 is 4.74 Å². The standard InChI is InChI=1S/C17H22N4O6/c1-8(2)14(12-5-13(26-3)20-27-12)16(23)21-7-9(22)4-11(21)15-18-6-10(19-15)17(24)25/h5-6,8-9,11,14,22H,4,7H2,1-3H3,(H,18,19)(H,24,25)/t9-,11+,14?/m1/s1. The highest BCUT2D eigenvalue weighted by Gasteiger charge is 2.42. The molecular weight excluding hydrogens is 356 g/mol. The summed E-state index contributed by atoms with van der Waals surface area (Å²) in [5.74, 6) is -1.16. The highest BCUT2D eigenvalue weighted by atomic mass is 16.5. The summed E-state index contributed by atoms with van der Waals surface area (Å²) in [6.07, 6.45) is 0.809. The first kappa shape index (κ1) is 18.9. The van der Waals surface area contributed by atoms with Gasteiger partial charge < -0.3 is 29.4 Å². The number of ether oxygens (including phenoxy) is 1. The van der Waals surface area contributed by atoms with Crippen LogP contribution in [0.25, 0.3) is 0 Å². The monoisotopic (exact) mass is 378 g/mol. The second-order valence-corrected chi connectivity index (χ2v) is 6.87. The number of aromatic carboxylic acids is 1. The molecule has 1 fully saturated rings. The van der Waals surface area contributed by atoms with Gasteiger partial charge >= 0.3 is 5.97 Å². The molecule has 27 heavy (non-hydrogen) atoms. The van der Waals surface area contributed by atoms with E-state index in [2.05, 4.69) is 15.1 Å². The zero-order valence-electron chi connectivity index (χ0n) is 15.2. The third kappa shape index (κ3) is 3.65. The van der Waals surface area contributed by atoms with Gasteiger partial charge in [-0.1, -0.05) is 13.8 Å². The number of rotatable bonds is 6. The van der Waals surface area contributed by atoms with Crippen molar-refractivity contribution >= 4 is 11.9 Å². The van der Waals surface area contributed by atoms with E-state index in [4.69, 9.17) is 14.4 Å². The molecule has 1 aliphatic heterocycles. The van der Waals surface area contributed by atoms with Gasteiger partial charge in [0.2, 0.25) is 5.91 Å². The number of carboxylic acid groups (broad SMARTS) is 1. The van der Waals surface area contributed by atoms with Gasteiger partial charge in [-0.15, -0.1) is 0 Å². The smallest absolute Gasteiger partial charge is 0.356 e. The van der Waals surface area contributed by atoms with E-state index in [1.165, 1.54) is 18.2 Å². The van der Waals surface area contributed by atoms with Gasteiger partial charge in [0, 0.05) is 25.2 Å². The van der Waals surface area contributed by atoms with Crippen LogP contribution >= 0.6 is 0 Å². The number of methoxy groups -OCH3 is 1. The number of likely N-dealkylation sites (tertiary alicyclic amines) is 1. The molecule has 1 amide bonds. The molecule has 146 valence electrons. The number of carbonyl (C=O) groups is 2. The summed E-state index contributed by atoms with van der Waals surface area (Å²) < 4.78 is 10.3. The van der Waals surface area contributed by atoms with E-state index >= 15 is 0 Å². The third-order valence-electron chi connectivity index (χ3n) is 4.65. The Morgan fingerprint density at radius 2 is 2.19 bits per heavy atom. The van der Waals surface area contributed by atoms with Crippen LogP contribution in [0.5, 0.6) is 5.88 Å². The first-order valence-corrected chi connectivity index (χ1v) is 8.59. The Kier molecular flexibility index (Phi) is 5.17. The van der Waals surface area contributed by atoms with E-state index in [1.54, 1.807) is 6.07 Å². The molecule has 0 spiro atoms. The lowest BCUT2D eigenvalue weighted by Crippen LogP contribution is -2.37. The van der Waals surface area contributed by atoms with Crippen molar-refractivity contribution in [2.45, 2.75) is 38.3 Å². The maximum absolute atomic E-state index is 13.3. The fourth-order valence-electron chi connectivity index (χ4n) is 3.36. The predicted molar refractivity (Wildman–Crippen MR) is 91.3 cm³/mol. The number of aliphatic hydroxyl groups is 1. The topological polar surface area (TPSA) is 142 Å². The van der Waals surface area contributed by atoms with Gasteiger partial charge in [0.05, 0.1) is 19.3 Å². The molecule has 10 nitrogen and oxygen atoms in total. The van der Waals surface area contributed by atoms with E-state index in [0.717, 1.165) is 0 Å². The van der Waals surface area contributed by atoms with Crippen LogP contribution in [0.15, 0.2) is 16.8 Å². The zero-order valence-corrected chi connectivity index (χ0v) is 15.2. The lowest BCUT2D eigenvalue weighted by molar-refractivity contribution is -0.135. The van der Waals surface area contributed by atoms with Crippen molar-refractivity contribution < 1.29 is 29.1 Å². The summed E-state index contributed by atoms with van der Waals surface area (Å²) >= 11 is 0. The van der Waals surface area contributed by atoms with Crippen LogP contribution in [0.1, 0.15) is 54.3 Å². The SMILES string of the molecule is COc1cc(C(C(=O)N2C[C@H](O)C[C@H]2c2nc(C(=O)O)c[nH]2)C(C)C)on1. The second-order valence-electron chi connectivity index (χ2n) is 6.87. The fraction of sp³-hybridized carbons (Fsp3) is 0.529. The van der Waals surface area contributed by atoms with Crippen LogP contribution in [0.2, 0.25) is 0 Å². The first-order chi connectivity index (χ1) is 12.8. The zero-order chi connectivity index (χ0) is 19.7. The van der Waals surface area contributed by atoms with E-state index in [0.29, 0.717) is 11.6 Å². The largest absolute Gasteiger partial charge is 0.479 e. The van der Waals surface area contributed by atoms with Crippen molar-refractivity contribution in [2.24, 2.45) is 5.92 Å². The molecule has 2 aromatic rings. The number of hydrogen-bond donors (Lipinski definition) is 3. The van der Waals surface area contributed by atoms with E-state index in [9.17, 15) is 14.7 Å². The Balaban J connectivity index is 1.90. The lowest BCUT2D eigenvalue weighted by atomic mass is 9.91. The molecule has 1 saturated heterocycles. The number of nitrogens with zero attached hydrogens (tertiary/aromatic N) is 3. The molecule has 3 heterocycles. The van der Waals surface area contributed by atoms with Crippen molar-refractivity contribution in [3.63, 3.8) is 0 Å². The maximum atomic E-state index is 13.3. The van der Waals surface area contributed by atoms with E-state index in [1.807, 2.05) is 13.8 Å². The van der Waals surface area contributed by atoms with Crippen LogP contribution in [-0.4, -0.2) is 61.9 Å². The number of β-amino-alcohol motifs (C(OH)–C–C–N with tert-alkyl or cyclic N) is 1. The number of aliphatic hydroxyl groups excluding tert-OH is 1. The number of H-pyrrole nitrogens is 1. The average molecular weight is 378 g/mol.